The van der Waals surface area contributed by atoms with Crippen molar-refractivity contribution < 1.29 is 52.2 Å². The molecule has 3 atom stereocenters. The fraction of sp³-hybridized carbons (Fsp3) is 0.683. The van der Waals surface area contributed by atoms with Crippen LogP contribution in [0.5, 0.6) is 0 Å². The van der Waals surface area contributed by atoms with Crippen LogP contribution in [-0.2, 0) is 42.2 Å². The highest BCUT2D eigenvalue weighted by atomic mass is 31.2. The fourth-order valence-corrected chi connectivity index (χ4v) is 8.06. The van der Waals surface area contributed by atoms with Crippen LogP contribution in [0.25, 0.3) is 0 Å². The first-order valence-electron chi connectivity index (χ1n) is 28.1. The van der Waals surface area contributed by atoms with Crippen molar-refractivity contribution in [2.45, 2.75) is 238 Å². The SMILES string of the molecule is CC/C=C\C/C=C\C/C=C\C/C=C\CCCCCCCCC(=O)OCC(COP(=O)(O)OCC(CO)OC(=O)CCCCCCCCCCCCC)OC(=O)CCCC/C=C\C/C=C\C/C=C\C/C=C\CC. The van der Waals surface area contributed by atoms with E-state index in [9.17, 15) is 28.9 Å². The summed E-state index contributed by atoms with van der Waals surface area (Å²) in [5.41, 5.74) is 0. The first-order valence-corrected chi connectivity index (χ1v) is 29.6. The van der Waals surface area contributed by atoms with E-state index in [1.54, 1.807) is 0 Å². The van der Waals surface area contributed by atoms with Crippen LogP contribution >= 0.6 is 7.82 Å². The quantitative estimate of drug-likeness (QED) is 0.0197. The molecule has 0 aliphatic heterocycles. The van der Waals surface area contributed by atoms with Gasteiger partial charge in [0.1, 0.15) is 12.7 Å². The Hall–Kier alpha value is -3.60. The number of phosphoric ester groups is 1. The van der Waals surface area contributed by atoms with Crippen molar-refractivity contribution in [2.24, 2.45) is 0 Å². The van der Waals surface area contributed by atoms with Gasteiger partial charge in [-0.15, -0.1) is 0 Å². The summed E-state index contributed by atoms with van der Waals surface area (Å²) in [6.07, 6.45) is 62.3. The van der Waals surface area contributed by atoms with Gasteiger partial charge in [-0.1, -0.05) is 208 Å². The Bertz CT molecular complexity index is 1580. The van der Waals surface area contributed by atoms with Gasteiger partial charge in [0.15, 0.2) is 6.10 Å². The molecule has 2 N–H and O–H groups in total. The van der Waals surface area contributed by atoms with Gasteiger partial charge in [-0.25, -0.2) is 4.57 Å². The lowest BCUT2D eigenvalue weighted by molar-refractivity contribution is -0.161. The van der Waals surface area contributed by atoms with Crippen LogP contribution < -0.4 is 0 Å². The van der Waals surface area contributed by atoms with Crippen LogP contribution in [0.15, 0.2) is 97.2 Å². The van der Waals surface area contributed by atoms with Gasteiger partial charge >= 0.3 is 25.7 Å². The lowest BCUT2D eigenvalue weighted by Gasteiger charge is -2.21. The van der Waals surface area contributed by atoms with E-state index in [0.29, 0.717) is 19.3 Å². The van der Waals surface area contributed by atoms with Gasteiger partial charge in [-0.2, -0.15) is 0 Å². The van der Waals surface area contributed by atoms with E-state index in [4.69, 9.17) is 23.3 Å². The van der Waals surface area contributed by atoms with E-state index in [2.05, 4.69) is 118 Å². The summed E-state index contributed by atoms with van der Waals surface area (Å²) in [6, 6.07) is 0. The second-order valence-electron chi connectivity index (χ2n) is 18.3. The van der Waals surface area contributed by atoms with E-state index in [-0.39, 0.29) is 25.9 Å². The molecule has 412 valence electrons. The Morgan fingerprint density at radius 2 is 0.722 bits per heavy atom. The maximum atomic E-state index is 12.9. The molecule has 3 unspecified atom stereocenters. The topological polar surface area (TPSA) is 155 Å². The van der Waals surface area contributed by atoms with Crippen LogP contribution in [0.4, 0.5) is 0 Å². The summed E-state index contributed by atoms with van der Waals surface area (Å²) < 4.78 is 39.4. The van der Waals surface area contributed by atoms with Crippen molar-refractivity contribution >= 4 is 25.7 Å². The average molecular weight is 1030 g/mol. The van der Waals surface area contributed by atoms with Gasteiger partial charge in [0, 0.05) is 19.3 Å². The van der Waals surface area contributed by atoms with Gasteiger partial charge in [-0.3, -0.25) is 23.4 Å². The number of carbonyl (C=O) groups is 3. The normalized spacial score (nSPS) is 14.1. The van der Waals surface area contributed by atoms with Crippen LogP contribution in [0.3, 0.4) is 0 Å². The van der Waals surface area contributed by atoms with E-state index in [1.807, 2.05) is 0 Å². The maximum absolute atomic E-state index is 12.9. The Kier molecular flexibility index (Phi) is 51.0. The minimum atomic E-state index is -4.76. The van der Waals surface area contributed by atoms with Crippen LogP contribution in [0.2, 0.25) is 0 Å². The monoisotopic (exact) mass is 1030 g/mol. The number of hydrogen-bond acceptors (Lipinski definition) is 10. The molecule has 0 radical (unpaired) electrons. The van der Waals surface area contributed by atoms with E-state index in [1.165, 1.54) is 44.9 Å². The lowest BCUT2D eigenvalue weighted by atomic mass is 10.1. The molecule has 11 nitrogen and oxygen atoms in total. The average Bonchev–Trinajstić information content (AvgIpc) is 3.37. The molecule has 0 saturated heterocycles. The smallest absolute Gasteiger partial charge is 0.462 e. The molecular formula is C60H101O11P. The first-order chi connectivity index (χ1) is 35.2. The van der Waals surface area contributed by atoms with Crippen LogP contribution in [-0.4, -0.2) is 66.5 Å². The molecule has 0 rings (SSSR count). The number of rotatable bonds is 51. The number of hydrogen-bond donors (Lipinski definition) is 2. The van der Waals surface area contributed by atoms with Crippen molar-refractivity contribution in [1.82, 2.24) is 0 Å². The number of aliphatic hydroxyl groups excluding tert-OH is 1. The minimum Gasteiger partial charge on any atom is -0.462 e. The molecule has 0 aliphatic rings. The number of aliphatic hydroxyl groups is 1. The highest BCUT2D eigenvalue weighted by molar-refractivity contribution is 7.47. The van der Waals surface area contributed by atoms with Gasteiger partial charge in [0.05, 0.1) is 19.8 Å². The number of ether oxygens (including phenoxy) is 3. The van der Waals surface area contributed by atoms with E-state index < -0.39 is 57.8 Å². The number of phosphoric acid groups is 1. The second kappa shape index (κ2) is 53.7. The van der Waals surface area contributed by atoms with Crippen molar-refractivity contribution in [2.75, 3.05) is 26.4 Å². The Labute approximate surface area is 438 Å². The highest BCUT2D eigenvalue weighted by Crippen LogP contribution is 2.43. The number of unbranched alkanes of at least 4 members (excludes halogenated alkanes) is 18. The van der Waals surface area contributed by atoms with Crippen molar-refractivity contribution in [3.8, 4) is 0 Å². The Balaban J connectivity index is 4.81. The summed E-state index contributed by atoms with van der Waals surface area (Å²) >= 11 is 0. The van der Waals surface area contributed by atoms with Gasteiger partial charge < -0.3 is 24.2 Å². The van der Waals surface area contributed by atoms with Gasteiger partial charge in [0.2, 0.25) is 0 Å². The molecule has 12 heteroatoms. The second-order valence-corrected chi connectivity index (χ2v) is 19.8. The fourth-order valence-electron chi connectivity index (χ4n) is 7.28. The predicted molar refractivity (Wildman–Crippen MR) is 297 cm³/mol. The third kappa shape index (κ3) is 51.3. The van der Waals surface area contributed by atoms with Crippen molar-refractivity contribution in [1.29, 1.82) is 0 Å². The zero-order valence-corrected chi connectivity index (χ0v) is 46.3. The van der Waals surface area contributed by atoms with Crippen LogP contribution in [0, 0.1) is 0 Å². The highest BCUT2D eigenvalue weighted by Gasteiger charge is 2.28. The maximum Gasteiger partial charge on any atom is 0.472 e. The predicted octanol–water partition coefficient (Wildman–Crippen LogP) is 16.5. The molecule has 0 amide bonds. The van der Waals surface area contributed by atoms with Gasteiger partial charge in [-0.05, 0) is 96.3 Å². The molecule has 72 heavy (non-hydrogen) atoms. The molecule has 0 aromatic heterocycles. The number of esters is 3. The Morgan fingerprint density at radius 1 is 0.403 bits per heavy atom. The molecule has 0 spiro atoms. The minimum absolute atomic E-state index is 0.109. The molecular weight excluding hydrogens is 928 g/mol. The lowest BCUT2D eigenvalue weighted by Crippen LogP contribution is -2.30. The van der Waals surface area contributed by atoms with E-state index >= 15 is 0 Å². The molecule has 0 saturated carbocycles. The van der Waals surface area contributed by atoms with Crippen LogP contribution in [0.1, 0.15) is 226 Å². The number of carbonyl (C=O) groups excluding carboxylic acids is 3. The zero-order chi connectivity index (χ0) is 52.7. The number of allylic oxidation sites excluding steroid dienone is 16. The Morgan fingerprint density at radius 3 is 1.14 bits per heavy atom. The summed E-state index contributed by atoms with van der Waals surface area (Å²) in [4.78, 5) is 48.4. The molecule has 0 heterocycles. The third-order valence-electron chi connectivity index (χ3n) is 11.5. The zero-order valence-electron chi connectivity index (χ0n) is 45.4. The summed E-state index contributed by atoms with van der Waals surface area (Å²) in [6.45, 7) is 4.34. The first kappa shape index (κ1) is 68.4. The standard InChI is InChI=1S/C60H101O11P/c1-4-7-10-13-16-19-22-24-26-27-28-29-31-32-35-37-40-43-46-49-58(62)67-53-57(71-60(64)51-48-45-42-39-36-33-30-25-23-20-17-14-11-8-5-2)55-69-72(65,66)68-54-56(52-61)70-59(63)50-47-44-41-38-34-21-18-15-12-9-6-3/h7-8,10-11,16-17,19-20,24-26,28-30,36,39,56-57,61H,4-6,9,12-15,18,21-23,27,31-35,37-38,40-55H2,1-3H3,(H,65,66)/b10-7-,11-8-,19-16-,20-17-,26-24-,29-28-,30-25-,39-36-. The molecule has 0 fully saturated rings. The largest absolute Gasteiger partial charge is 0.472 e. The van der Waals surface area contributed by atoms with Crippen molar-refractivity contribution in [3.63, 3.8) is 0 Å². The summed E-state index contributed by atoms with van der Waals surface area (Å²) in [7, 11) is -4.76. The van der Waals surface area contributed by atoms with Crippen molar-refractivity contribution in [3.05, 3.63) is 97.2 Å². The summed E-state index contributed by atoms with van der Waals surface area (Å²) in [5, 5.41) is 9.79. The molecule has 0 bridgehead atoms. The van der Waals surface area contributed by atoms with E-state index in [0.717, 1.165) is 122 Å². The summed E-state index contributed by atoms with van der Waals surface area (Å²) in [5.74, 6) is -1.54. The molecule has 0 aromatic carbocycles. The third-order valence-corrected chi connectivity index (χ3v) is 12.5. The van der Waals surface area contributed by atoms with Gasteiger partial charge in [0.25, 0.3) is 0 Å². The molecule has 0 aromatic rings. The molecule has 0 aliphatic carbocycles.